The smallest absolute Gasteiger partial charge is 0.261 e. The van der Waals surface area contributed by atoms with Crippen LogP contribution in [0.1, 0.15) is 28.3 Å². The third-order valence-corrected chi connectivity index (χ3v) is 6.60. The van der Waals surface area contributed by atoms with Gasteiger partial charge in [-0.05, 0) is 47.9 Å². The summed E-state index contributed by atoms with van der Waals surface area (Å²) in [6.45, 7) is 2.24. The quantitative estimate of drug-likeness (QED) is 0.239. The fourth-order valence-corrected chi connectivity index (χ4v) is 4.31. The van der Waals surface area contributed by atoms with Crippen LogP contribution in [0.2, 0.25) is 10.0 Å². The zero-order valence-electron chi connectivity index (χ0n) is 20.9. The van der Waals surface area contributed by atoms with Gasteiger partial charge in [-0.25, -0.2) is 0 Å². The Morgan fingerprint density at radius 3 is 2.13 bits per heavy atom. The van der Waals surface area contributed by atoms with Crippen molar-refractivity contribution >= 4 is 35.0 Å². The summed E-state index contributed by atoms with van der Waals surface area (Å²) in [6, 6.07) is 30.4. The van der Waals surface area contributed by atoms with Crippen LogP contribution in [0.25, 0.3) is 0 Å². The highest BCUT2D eigenvalue weighted by Gasteiger charge is 2.32. The molecule has 0 fully saturated rings. The molecule has 5 nitrogen and oxygen atoms in total. The zero-order chi connectivity index (χ0) is 26.9. The van der Waals surface area contributed by atoms with Crippen molar-refractivity contribution in [1.82, 2.24) is 10.2 Å². The molecule has 0 saturated carbocycles. The number of hydrogen-bond acceptors (Lipinski definition) is 3. The minimum absolute atomic E-state index is 0.180. The van der Waals surface area contributed by atoms with Crippen LogP contribution in [0, 0.1) is 6.92 Å². The molecule has 1 unspecified atom stereocenters. The number of para-hydroxylation sites is 1. The van der Waals surface area contributed by atoms with Crippen molar-refractivity contribution < 1.29 is 14.3 Å². The molecule has 0 aliphatic rings. The molecule has 0 heterocycles. The first-order valence-electron chi connectivity index (χ1n) is 12.2. The van der Waals surface area contributed by atoms with E-state index in [4.69, 9.17) is 27.9 Å². The molecular formula is C31H28Cl2N2O3. The summed E-state index contributed by atoms with van der Waals surface area (Å²) in [5.41, 5.74) is 3.62. The van der Waals surface area contributed by atoms with Gasteiger partial charge in [0.15, 0.2) is 6.61 Å². The average molecular weight is 547 g/mol. The van der Waals surface area contributed by atoms with Crippen molar-refractivity contribution in [2.45, 2.75) is 26.1 Å². The second kappa shape index (κ2) is 13.1. The molecule has 2 amide bonds. The fraction of sp³-hybridized carbons (Fsp3) is 0.161. The van der Waals surface area contributed by atoms with Gasteiger partial charge in [-0.1, -0.05) is 108 Å². The Kier molecular flexibility index (Phi) is 9.41. The number of halogens is 2. The van der Waals surface area contributed by atoms with Crippen LogP contribution >= 0.6 is 23.2 Å². The lowest BCUT2D eigenvalue weighted by Gasteiger charge is -2.31. The number of amides is 2. The number of ether oxygens (including phenoxy) is 1. The lowest BCUT2D eigenvalue weighted by Crippen LogP contribution is -2.45. The van der Waals surface area contributed by atoms with Crippen molar-refractivity contribution in [1.29, 1.82) is 0 Å². The number of carbonyl (C=O) groups excluding carboxylic acids is 2. The molecule has 4 aromatic carbocycles. The third-order valence-electron chi connectivity index (χ3n) is 6.04. The molecule has 0 aliphatic heterocycles. The predicted octanol–water partition coefficient (Wildman–Crippen LogP) is 6.77. The highest BCUT2D eigenvalue weighted by Crippen LogP contribution is 2.27. The molecule has 38 heavy (non-hydrogen) atoms. The first kappa shape index (κ1) is 27.2. The van der Waals surface area contributed by atoms with Crippen molar-refractivity contribution in [2.75, 3.05) is 6.61 Å². The highest BCUT2D eigenvalue weighted by molar-refractivity contribution is 6.32. The summed E-state index contributed by atoms with van der Waals surface area (Å²) in [7, 11) is 0. The number of benzene rings is 4. The van der Waals surface area contributed by atoms with Crippen molar-refractivity contribution in [3.8, 4) is 5.75 Å². The molecule has 4 rings (SSSR count). The summed E-state index contributed by atoms with van der Waals surface area (Å²) >= 11 is 12.3. The van der Waals surface area contributed by atoms with E-state index in [0.29, 0.717) is 27.9 Å². The zero-order valence-corrected chi connectivity index (χ0v) is 22.5. The minimum Gasteiger partial charge on any atom is -0.482 e. The molecule has 0 aromatic heterocycles. The molecule has 0 radical (unpaired) electrons. The maximum atomic E-state index is 13.7. The van der Waals surface area contributed by atoms with Gasteiger partial charge in [0.05, 0.1) is 5.02 Å². The SMILES string of the molecule is Cc1ccc(CNC(=O)C(c2ccccc2)N(Cc2ccc(Cl)cc2)C(=O)COc2ccccc2Cl)cc1. The normalized spacial score (nSPS) is 11.4. The average Bonchev–Trinajstić information content (AvgIpc) is 2.93. The van der Waals surface area contributed by atoms with Gasteiger partial charge >= 0.3 is 0 Å². The van der Waals surface area contributed by atoms with Crippen LogP contribution < -0.4 is 10.1 Å². The second-order valence-electron chi connectivity index (χ2n) is 8.88. The van der Waals surface area contributed by atoms with Gasteiger partial charge in [0, 0.05) is 18.1 Å². The Morgan fingerprint density at radius 2 is 1.45 bits per heavy atom. The first-order valence-corrected chi connectivity index (χ1v) is 13.0. The van der Waals surface area contributed by atoms with Crippen LogP contribution in [-0.2, 0) is 22.7 Å². The number of nitrogens with zero attached hydrogens (tertiary/aromatic N) is 1. The molecule has 0 spiro atoms. The van der Waals surface area contributed by atoms with E-state index in [1.165, 1.54) is 4.90 Å². The molecule has 1 N–H and O–H groups in total. The number of hydrogen-bond donors (Lipinski definition) is 1. The molecule has 0 aliphatic carbocycles. The summed E-state index contributed by atoms with van der Waals surface area (Å²) in [4.78, 5) is 28.9. The van der Waals surface area contributed by atoms with E-state index < -0.39 is 6.04 Å². The van der Waals surface area contributed by atoms with E-state index in [9.17, 15) is 9.59 Å². The van der Waals surface area contributed by atoms with Gasteiger partial charge in [0.1, 0.15) is 11.8 Å². The number of nitrogens with one attached hydrogen (secondary N) is 1. The number of aryl methyl sites for hydroxylation is 1. The van der Waals surface area contributed by atoms with E-state index in [-0.39, 0.29) is 25.0 Å². The molecule has 194 valence electrons. The number of rotatable bonds is 10. The van der Waals surface area contributed by atoms with E-state index in [1.54, 1.807) is 36.4 Å². The summed E-state index contributed by atoms with van der Waals surface area (Å²) in [5, 5.41) is 4.00. The lowest BCUT2D eigenvalue weighted by molar-refractivity contribution is -0.143. The van der Waals surface area contributed by atoms with E-state index >= 15 is 0 Å². The van der Waals surface area contributed by atoms with Crippen LogP contribution in [0.5, 0.6) is 5.75 Å². The van der Waals surface area contributed by atoms with Crippen molar-refractivity contribution in [3.05, 3.63) is 135 Å². The summed E-state index contributed by atoms with van der Waals surface area (Å²) in [5.74, 6) is -0.259. The van der Waals surface area contributed by atoms with Crippen molar-refractivity contribution in [2.24, 2.45) is 0 Å². The van der Waals surface area contributed by atoms with Crippen LogP contribution in [-0.4, -0.2) is 23.3 Å². The molecule has 4 aromatic rings. The van der Waals surface area contributed by atoms with Gasteiger partial charge in [0.2, 0.25) is 5.91 Å². The van der Waals surface area contributed by atoms with Gasteiger partial charge in [-0.3, -0.25) is 9.59 Å². The monoisotopic (exact) mass is 546 g/mol. The van der Waals surface area contributed by atoms with E-state index in [2.05, 4.69) is 5.32 Å². The number of carbonyl (C=O) groups is 2. The Morgan fingerprint density at radius 1 is 0.816 bits per heavy atom. The highest BCUT2D eigenvalue weighted by atomic mass is 35.5. The fourth-order valence-electron chi connectivity index (χ4n) is 3.99. The van der Waals surface area contributed by atoms with Crippen LogP contribution in [0.15, 0.2) is 103 Å². The lowest BCUT2D eigenvalue weighted by atomic mass is 10.0. The Labute approximate surface area is 233 Å². The van der Waals surface area contributed by atoms with E-state index in [1.807, 2.05) is 73.7 Å². The largest absolute Gasteiger partial charge is 0.482 e. The van der Waals surface area contributed by atoms with Crippen LogP contribution in [0.3, 0.4) is 0 Å². The second-order valence-corrected chi connectivity index (χ2v) is 9.73. The molecule has 7 heteroatoms. The van der Waals surface area contributed by atoms with Gasteiger partial charge < -0.3 is 15.0 Å². The summed E-state index contributed by atoms with van der Waals surface area (Å²) < 4.78 is 5.77. The Balaban J connectivity index is 1.63. The van der Waals surface area contributed by atoms with Gasteiger partial charge in [-0.15, -0.1) is 0 Å². The molecule has 0 bridgehead atoms. The van der Waals surface area contributed by atoms with Gasteiger partial charge in [0.25, 0.3) is 5.91 Å². The maximum Gasteiger partial charge on any atom is 0.261 e. The molecule has 0 saturated heterocycles. The van der Waals surface area contributed by atoms with Crippen molar-refractivity contribution in [3.63, 3.8) is 0 Å². The topological polar surface area (TPSA) is 58.6 Å². The molecule has 1 atom stereocenters. The molecular weight excluding hydrogens is 519 g/mol. The van der Waals surface area contributed by atoms with Gasteiger partial charge in [-0.2, -0.15) is 0 Å². The Bertz CT molecular complexity index is 1360. The van der Waals surface area contributed by atoms with Crippen LogP contribution in [0.4, 0.5) is 0 Å². The maximum absolute atomic E-state index is 13.7. The van der Waals surface area contributed by atoms with E-state index in [0.717, 1.165) is 16.7 Å². The minimum atomic E-state index is -0.889. The summed E-state index contributed by atoms with van der Waals surface area (Å²) in [6.07, 6.45) is 0. The third kappa shape index (κ3) is 7.37. The Hall–Kier alpha value is -3.80. The first-order chi connectivity index (χ1) is 18.4. The standard InChI is InChI=1S/C31H28Cl2N2O3/c1-22-11-13-23(14-12-22)19-34-31(37)30(25-7-3-2-4-8-25)35(20-24-15-17-26(32)18-16-24)29(36)21-38-28-10-6-5-9-27(28)33/h2-18,30H,19-21H2,1H3,(H,34,37). The predicted molar refractivity (Wildman–Crippen MR) is 151 cm³/mol.